The fourth-order valence-corrected chi connectivity index (χ4v) is 2.53. The predicted molar refractivity (Wildman–Crippen MR) is 84.7 cm³/mol. The van der Waals surface area contributed by atoms with Crippen LogP contribution in [-0.4, -0.2) is 17.9 Å². The second-order valence-electron chi connectivity index (χ2n) is 5.19. The molecule has 1 unspecified atom stereocenters. The Morgan fingerprint density at radius 3 is 2.65 bits per heavy atom. The van der Waals surface area contributed by atoms with Gasteiger partial charge in [0.25, 0.3) is 0 Å². The first kappa shape index (κ1) is 14.9. The van der Waals surface area contributed by atoms with Crippen LogP contribution in [0.3, 0.4) is 0 Å². The number of carbonyl (C=O) groups is 3. The summed E-state index contributed by atoms with van der Waals surface area (Å²) in [6, 6.07) is 13.7. The number of carbonyl (C=O) groups excluding carboxylic acids is 3. The molecular formula is C19H13NO3. The van der Waals surface area contributed by atoms with Crippen LogP contribution in [-0.2, 0) is 16.1 Å². The van der Waals surface area contributed by atoms with E-state index in [0.29, 0.717) is 24.0 Å². The molecule has 2 aromatic rings. The summed E-state index contributed by atoms with van der Waals surface area (Å²) in [4.78, 5) is 34.5. The highest BCUT2D eigenvalue weighted by Crippen LogP contribution is 2.26. The van der Waals surface area contributed by atoms with E-state index in [-0.39, 0.29) is 5.78 Å². The molecule has 0 fully saturated rings. The summed E-state index contributed by atoms with van der Waals surface area (Å²) in [6.07, 6.45) is 0.302. The molecule has 4 nitrogen and oxygen atoms in total. The number of ketones is 2. The first-order valence-electron chi connectivity index (χ1n) is 7.15. The third-order valence-corrected chi connectivity index (χ3v) is 3.71. The second-order valence-corrected chi connectivity index (χ2v) is 5.19. The van der Waals surface area contributed by atoms with E-state index in [1.54, 1.807) is 18.2 Å². The van der Waals surface area contributed by atoms with Crippen molar-refractivity contribution in [2.75, 3.05) is 0 Å². The van der Waals surface area contributed by atoms with Crippen molar-refractivity contribution in [1.82, 2.24) is 5.32 Å². The molecule has 1 heterocycles. The summed E-state index contributed by atoms with van der Waals surface area (Å²) in [5.74, 6) is 4.56. The molecule has 23 heavy (non-hydrogen) atoms. The summed E-state index contributed by atoms with van der Waals surface area (Å²) in [5.41, 5.74) is 2.77. The third-order valence-electron chi connectivity index (χ3n) is 3.71. The number of Topliss-reactive ketones (excluding diaryl/α,β-unsaturated/α-hetero) is 2. The largest absolute Gasteiger partial charge is 0.299 e. The molecule has 0 radical (unpaired) electrons. The zero-order valence-corrected chi connectivity index (χ0v) is 12.2. The van der Waals surface area contributed by atoms with Crippen LogP contribution in [0.1, 0.15) is 33.1 Å². The SMILES string of the molecule is O=CC(=O)C1NCc2ccc(C(=O)C#Cc3ccccc3)cc21. The van der Waals surface area contributed by atoms with Crippen LogP contribution < -0.4 is 5.32 Å². The van der Waals surface area contributed by atoms with Gasteiger partial charge in [-0.05, 0) is 35.2 Å². The van der Waals surface area contributed by atoms with E-state index in [4.69, 9.17) is 0 Å². The Balaban J connectivity index is 1.88. The van der Waals surface area contributed by atoms with Crippen LogP contribution >= 0.6 is 0 Å². The maximum Gasteiger partial charge on any atom is 0.236 e. The molecule has 3 rings (SSSR count). The number of fused-ring (bicyclic) bond motifs is 1. The lowest BCUT2D eigenvalue weighted by atomic mass is 9.98. The summed E-state index contributed by atoms with van der Waals surface area (Å²) in [5, 5.41) is 2.97. The molecule has 4 heteroatoms. The molecule has 0 aromatic heterocycles. The van der Waals surface area contributed by atoms with Crippen LogP contribution in [0.15, 0.2) is 48.5 Å². The van der Waals surface area contributed by atoms with Crippen molar-refractivity contribution < 1.29 is 14.4 Å². The van der Waals surface area contributed by atoms with Gasteiger partial charge in [0.05, 0.1) is 6.04 Å². The molecule has 0 saturated carbocycles. The fourth-order valence-electron chi connectivity index (χ4n) is 2.53. The summed E-state index contributed by atoms with van der Waals surface area (Å²) >= 11 is 0. The number of aldehydes is 1. The molecule has 0 bridgehead atoms. The Hall–Kier alpha value is -3.03. The minimum Gasteiger partial charge on any atom is -0.299 e. The first-order valence-corrected chi connectivity index (χ1v) is 7.15. The van der Waals surface area contributed by atoms with Crippen molar-refractivity contribution in [3.05, 3.63) is 70.8 Å². The number of benzene rings is 2. The van der Waals surface area contributed by atoms with Crippen molar-refractivity contribution in [3.63, 3.8) is 0 Å². The topological polar surface area (TPSA) is 63.2 Å². The highest BCUT2D eigenvalue weighted by molar-refractivity contribution is 6.27. The molecule has 0 amide bonds. The van der Waals surface area contributed by atoms with Crippen molar-refractivity contribution in [2.45, 2.75) is 12.6 Å². The second kappa shape index (κ2) is 6.39. The molecule has 2 aromatic carbocycles. The molecule has 1 atom stereocenters. The Morgan fingerprint density at radius 1 is 1.13 bits per heavy atom. The van der Waals surface area contributed by atoms with Gasteiger partial charge in [-0.25, -0.2) is 0 Å². The minimum atomic E-state index is -0.669. The number of hydrogen-bond donors (Lipinski definition) is 1. The van der Waals surface area contributed by atoms with E-state index >= 15 is 0 Å². The highest BCUT2D eigenvalue weighted by Gasteiger charge is 2.28. The Bertz CT molecular complexity index is 844. The van der Waals surface area contributed by atoms with Crippen LogP contribution in [0.2, 0.25) is 0 Å². The molecule has 1 N–H and O–H groups in total. The maximum absolute atomic E-state index is 12.2. The Morgan fingerprint density at radius 2 is 1.91 bits per heavy atom. The molecular weight excluding hydrogens is 290 g/mol. The van der Waals surface area contributed by atoms with Crippen LogP contribution in [0.4, 0.5) is 0 Å². The van der Waals surface area contributed by atoms with Gasteiger partial charge in [-0.3, -0.25) is 19.7 Å². The average molecular weight is 303 g/mol. The fraction of sp³-hybridized carbons (Fsp3) is 0.105. The first-order chi connectivity index (χ1) is 11.2. The lowest BCUT2D eigenvalue weighted by molar-refractivity contribution is -0.131. The van der Waals surface area contributed by atoms with Crippen molar-refractivity contribution >= 4 is 17.9 Å². The number of rotatable bonds is 3. The van der Waals surface area contributed by atoms with Crippen molar-refractivity contribution in [3.8, 4) is 11.8 Å². The van der Waals surface area contributed by atoms with Crippen LogP contribution in [0, 0.1) is 11.8 Å². The minimum absolute atomic E-state index is 0.302. The quantitative estimate of drug-likeness (QED) is 0.407. The van der Waals surface area contributed by atoms with E-state index in [9.17, 15) is 14.4 Å². The lowest BCUT2D eigenvalue weighted by Crippen LogP contribution is -2.22. The number of hydrogen-bond acceptors (Lipinski definition) is 4. The zero-order valence-electron chi connectivity index (χ0n) is 12.2. The standard InChI is InChI=1S/C19H13NO3/c21-12-18(23)19-16-10-14(7-8-15(16)11-20-19)17(22)9-6-13-4-2-1-3-5-13/h1-5,7-8,10,12,19-20H,11H2. The van der Waals surface area contributed by atoms with Gasteiger partial charge >= 0.3 is 0 Å². The normalized spacial score (nSPS) is 15.2. The Labute approximate surface area is 133 Å². The smallest absolute Gasteiger partial charge is 0.236 e. The Kier molecular flexibility index (Phi) is 4.13. The molecule has 1 aliphatic heterocycles. The van der Waals surface area contributed by atoms with Gasteiger partial charge in [-0.15, -0.1) is 0 Å². The monoisotopic (exact) mass is 303 g/mol. The molecule has 0 spiro atoms. The van der Waals surface area contributed by atoms with Crippen molar-refractivity contribution in [2.24, 2.45) is 0 Å². The molecule has 0 aliphatic carbocycles. The number of nitrogens with one attached hydrogen (secondary N) is 1. The zero-order chi connectivity index (χ0) is 16.2. The van der Waals surface area contributed by atoms with Gasteiger partial charge in [-0.1, -0.05) is 36.3 Å². The van der Waals surface area contributed by atoms with Gasteiger partial charge in [-0.2, -0.15) is 0 Å². The average Bonchev–Trinajstić information content (AvgIpc) is 3.03. The van der Waals surface area contributed by atoms with Crippen LogP contribution in [0.5, 0.6) is 0 Å². The highest BCUT2D eigenvalue weighted by atomic mass is 16.2. The van der Waals surface area contributed by atoms with Gasteiger partial charge in [0.2, 0.25) is 11.6 Å². The van der Waals surface area contributed by atoms with E-state index < -0.39 is 11.8 Å². The molecule has 112 valence electrons. The van der Waals surface area contributed by atoms with Gasteiger partial charge < -0.3 is 0 Å². The summed E-state index contributed by atoms with van der Waals surface area (Å²) < 4.78 is 0. The van der Waals surface area contributed by atoms with Gasteiger partial charge in [0, 0.05) is 17.7 Å². The van der Waals surface area contributed by atoms with E-state index in [0.717, 1.165) is 11.1 Å². The van der Waals surface area contributed by atoms with Crippen LogP contribution in [0.25, 0.3) is 0 Å². The molecule has 0 saturated heterocycles. The maximum atomic E-state index is 12.2. The van der Waals surface area contributed by atoms with Gasteiger partial charge in [0.15, 0.2) is 6.29 Å². The van der Waals surface area contributed by atoms with Gasteiger partial charge in [0.1, 0.15) is 0 Å². The third kappa shape index (κ3) is 3.10. The summed E-state index contributed by atoms with van der Waals surface area (Å²) in [6.45, 7) is 0.504. The predicted octanol–water partition coefficient (Wildman–Crippen LogP) is 1.83. The van der Waals surface area contributed by atoms with E-state index in [1.807, 2.05) is 30.3 Å². The van der Waals surface area contributed by atoms with E-state index in [2.05, 4.69) is 17.2 Å². The van der Waals surface area contributed by atoms with E-state index in [1.165, 1.54) is 0 Å². The van der Waals surface area contributed by atoms with Crippen molar-refractivity contribution in [1.29, 1.82) is 0 Å². The molecule has 1 aliphatic rings. The summed E-state index contributed by atoms with van der Waals surface area (Å²) in [7, 11) is 0. The lowest BCUT2D eigenvalue weighted by Gasteiger charge is -2.07.